The Morgan fingerprint density at radius 2 is 2.27 bits per heavy atom. The molecule has 1 aromatic rings. The fourth-order valence-electron chi connectivity index (χ4n) is 0.704. The highest BCUT2D eigenvalue weighted by molar-refractivity contribution is 6.30. The van der Waals surface area contributed by atoms with Gasteiger partial charge in [-0.15, -0.1) is 0 Å². The van der Waals surface area contributed by atoms with Gasteiger partial charge in [-0.25, -0.2) is 0 Å². The van der Waals surface area contributed by atoms with Crippen LogP contribution >= 0.6 is 11.6 Å². The van der Waals surface area contributed by atoms with E-state index < -0.39 is 0 Å². The second-order valence-electron chi connectivity index (χ2n) is 2.17. The molecular weight excluding hydrogens is 160 g/mol. The number of hydrogen-bond donors (Lipinski definition) is 0. The zero-order valence-corrected chi connectivity index (χ0v) is 7.26. The summed E-state index contributed by atoms with van der Waals surface area (Å²) in [4.78, 5) is 8.09. The summed E-state index contributed by atoms with van der Waals surface area (Å²) in [6, 6.07) is 3.66. The monoisotopic (exact) mass is 168 g/mol. The van der Waals surface area contributed by atoms with Crippen LogP contribution in [0.1, 0.15) is 12.6 Å². The molecule has 0 bridgehead atoms. The third-order valence-corrected chi connectivity index (χ3v) is 1.66. The molecule has 1 aromatic heterocycles. The van der Waals surface area contributed by atoms with E-state index in [2.05, 4.69) is 9.98 Å². The van der Waals surface area contributed by atoms with Crippen molar-refractivity contribution in [1.82, 2.24) is 4.98 Å². The minimum Gasteiger partial charge on any atom is -0.291 e. The third kappa shape index (κ3) is 2.02. The van der Waals surface area contributed by atoms with Gasteiger partial charge < -0.3 is 0 Å². The van der Waals surface area contributed by atoms with Gasteiger partial charge in [0.05, 0.1) is 16.4 Å². The molecule has 0 amide bonds. The van der Waals surface area contributed by atoms with Gasteiger partial charge in [-0.2, -0.15) is 0 Å². The van der Waals surface area contributed by atoms with E-state index in [-0.39, 0.29) is 0 Å². The fraction of sp³-hybridized carbons (Fsp3) is 0.250. The predicted molar refractivity (Wildman–Crippen MR) is 47.4 cm³/mol. The number of aromatic nitrogens is 1. The van der Waals surface area contributed by atoms with Crippen molar-refractivity contribution in [3.8, 4) is 0 Å². The standard InChI is InChI=1S/C8H9ClN2/c1-6(10-2)8-4-3-7(9)5-11-8/h3-5H,1-2H3. The van der Waals surface area contributed by atoms with Gasteiger partial charge in [0.1, 0.15) is 0 Å². The molecule has 1 heterocycles. The molecule has 0 saturated carbocycles. The molecular formula is C8H9ClN2. The normalized spacial score (nSPS) is 11.7. The quantitative estimate of drug-likeness (QED) is 0.590. The molecule has 3 heteroatoms. The minimum absolute atomic E-state index is 0.651. The third-order valence-electron chi connectivity index (χ3n) is 1.43. The lowest BCUT2D eigenvalue weighted by atomic mass is 10.2. The van der Waals surface area contributed by atoms with Gasteiger partial charge in [-0.3, -0.25) is 9.98 Å². The minimum atomic E-state index is 0.651. The van der Waals surface area contributed by atoms with Crippen LogP contribution in [0.25, 0.3) is 0 Å². The van der Waals surface area contributed by atoms with Crippen molar-refractivity contribution in [3.05, 3.63) is 29.0 Å². The van der Waals surface area contributed by atoms with E-state index in [1.165, 1.54) is 0 Å². The molecule has 0 atom stereocenters. The topological polar surface area (TPSA) is 25.2 Å². The maximum absolute atomic E-state index is 5.66. The fourth-order valence-corrected chi connectivity index (χ4v) is 0.816. The van der Waals surface area contributed by atoms with Gasteiger partial charge >= 0.3 is 0 Å². The first-order valence-corrected chi connectivity index (χ1v) is 3.67. The molecule has 0 aliphatic heterocycles. The van der Waals surface area contributed by atoms with Crippen molar-refractivity contribution >= 4 is 17.3 Å². The Kier molecular flexibility index (Phi) is 2.60. The van der Waals surface area contributed by atoms with Crippen LogP contribution in [0.2, 0.25) is 5.02 Å². The van der Waals surface area contributed by atoms with Crippen LogP contribution in [-0.2, 0) is 0 Å². The lowest BCUT2D eigenvalue weighted by Crippen LogP contribution is -1.96. The van der Waals surface area contributed by atoms with Crippen LogP contribution < -0.4 is 0 Å². The largest absolute Gasteiger partial charge is 0.291 e. The Balaban J connectivity index is 2.99. The highest BCUT2D eigenvalue weighted by atomic mass is 35.5. The van der Waals surface area contributed by atoms with Crippen LogP contribution in [0.3, 0.4) is 0 Å². The number of nitrogens with zero attached hydrogens (tertiary/aromatic N) is 2. The summed E-state index contributed by atoms with van der Waals surface area (Å²) in [7, 11) is 1.74. The number of rotatable bonds is 1. The van der Waals surface area contributed by atoms with E-state index in [1.54, 1.807) is 19.3 Å². The maximum atomic E-state index is 5.66. The summed E-state index contributed by atoms with van der Waals surface area (Å²) in [6.45, 7) is 1.91. The van der Waals surface area contributed by atoms with Crippen molar-refractivity contribution in [2.75, 3.05) is 7.05 Å². The van der Waals surface area contributed by atoms with Crippen LogP contribution in [0, 0.1) is 0 Å². The Bertz CT molecular complexity index is 264. The molecule has 0 aromatic carbocycles. The first-order valence-electron chi connectivity index (χ1n) is 3.29. The highest BCUT2D eigenvalue weighted by Gasteiger charge is 1.95. The lowest BCUT2D eigenvalue weighted by molar-refractivity contribution is 1.27. The zero-order valence-electron chi connectivity index (χ0n) is 6.50. The molecule has 58 valence electrons. The SMILES string of the molecule is CN=C(C)c1ccc(Cl)cn1. The van der Waals surface area contributed by atoms with Crippen molar-refractivity contribution in [2.24, 2.45) is 4.99 Å². The van der Waals surface area contributed by atoms with Crippen molar-refractivity contribution in [3.63, 3.8) is 0 Å². The molecule has 0 saturated heterocycles. The number of hydrogen-bond acceptors (Lipinski definition) is 2. The molecule has 0 fully saturated rings. The molecule has 2 nitrogen and oxygen atoms in total. The Labute approximate surface area is 70.9 Å². The Hall–Kier alpha value is -0.890. The average Bonchev–Trinajstić information content (AvgIpc) is 2.05. The summed E-state index contributed by atoms with van der Waals surface area (Å²) in [5.41, 5.74) is 1.79. The highest BCUT2D eigenvalue weighted by Crippen LogP contribution is 2.06. The molecule has 0 aliphatic rings. The van der Waals surface area contributed by atoms with Crippen LogP contribution in [-0.4, -0.2) is 17.7 Å². The summed E-state index contributed by atoms with van der Waals surface area (Å²) in [5.74, 6) is 0. The number of pyridine rings is 1. The van der Waals surface area contributed by atoms with Crippen LogP contribution in [0.15, 0.2) is 23.3 Å². The summed E-state index contributed by atoms with van der Waals surface area (Å²) < 4.78 is 0. The van der Waals surface area contributed by atoms with Crippen LogP contribution in [0.5, 0.6) is 0 Å². The average molecular weight is 169 g/mol. The Morgan fingerprint density at radius 1 is 1.55 bits per heavy atom. The molecule has 0 unspecified atom stereocenters. The van der Waals surface area contributed by atoms with Gasteiger partial charge in [0.15, 0.2) is 0 Å². The van der Waals surface area contributed by atoms with Gasteiger partial charge in [0.25, 0.3) is 0 Å². The molecule has 0 aliphatic carbocycles. The summed E-state index contributed by atoms with van der Waals surface area (Å²) in [5, 5.41) is 0.651. The first kappa shape index (κ1) is 8.21. The molecule has 11 heavy (non-hydrogen) atoms. The zero-order chi connectivity index (χ0) is 8.27. The van der Waals surface area contributed by atoms with E-state index in [1.807, 2.05) is 13.0 Å². The molecule has 0 radical (unpaired) electrons. The van der Waals surface area contributed by atoms with E-state index in [9.17, 15) is 0 Å². The molecule has 0 N–H and O–H groups in total. The first-order chi connectivity index (χ1) is 5.24. The summed E-state index contributed by atoms with van der Waals surface area (Å²) >= 11 is 5.66. The van der Waals surface area contributed by atoms with Crippen LogP contribution in [0.4, 0.5) is 0 Å². The van der Waals surface area contributed by atoms with Crippen molar-refractivity contribution in [2.45, 2.75) is 6.92 Å². The van der Waals surface area contributed by atoms with Gasteiger partial charge in [-0.1, -0.05) is 11.6 Å². The number of halogens is 1. The smallest absolute Gasteiger partial charge is 0.0838 e. The van der Waals surface area contributed by atoms with Gasteiger partial charge in [0, 0.05) is 13.2 Å². The van der Waals surface area contributed by atoms with Crippen molar-refractivity contribution in [1.29, 1.82) is 0 Å². The van der Waals surface area contributed by atoms with E-state index in [4.69, 9.17) is 11.6 Å². The van der Waals surface area contributed by atoms with Crippen molar-refractivity contribution < 1.29 is 0 Å². The lowest BCUT2D eigenvalue weighted by Gasteiger charge is -1.96. The van der Waals surface area contributed by atoms with Gasteiger partial charge in [-0.05, 0) is 19.1 Å². The van der Waals surface area contributed by atoms with E-state index >= 15 is 0 Å². The van der Waals surface area contributed by atoms with E-state index in [0.717, 1.165) is 11.4 Å². The Morgan fingerprint density at radius 3 is 2.73 bits per heavy atom. The van der Waals surface area contributed by atoms with Gasteiger partial charge in [0.2, 0.25) is 0 Å². The predicted octanol–water partition coefficient (Wildman–Crippen LogP) is 2.17. The molecule has 1 rings (SSSR count). The second kappa shape index (κ2) is 3.49. The summed E-state index contributed by atoms with van der Waals surface area (Å²) in [6.07, 6.45) is 1.62. The second-order valence-corrected chi connectivity index (χ2v) is 2.61. The molecule has 0 spiro atoms. The van der Waals surface area contributed by atoms with E-state index in [0.29, 0.717) is 5.02 Å². The number of aliphatic imine (C=N–C) groups is 1. The maximum Gasteiger partial charge on any atom is 0.0838 e.